The smallest absolute Gasteiger partial charge is 0.266 e. The Balaban J connectivity index is 1.79. The van der Waals surface area contributed by atoms with Crippen LogP contribution in [-0.2, 0) is 4.79 Å². The van der Waals surface area contributed by atoms with Gasteiger partial charge in [-0.1, -0.05) is 43.8 Å². The van der Waals surface area contributed by atoms with Crippen molar-refractivity contribution in [3.8, 4) is 11.5 Å². The Kier molecular flexibility index (Phi) is 7.43. The zero-order chi connectivity index (χ0) is 21.7. The van der Waals surface area contributed by atoms with E-state index < -0.39 is 0 Å². The molecule has 0 radical (unpaired) electrons. The summed E-state index contributed by atoms with van der Waals surface area (Å²) in [6, 6.07) is 12.0. The van der Waals surface area contributed by atoms with E-state index in [1.807, 2.05) is 38.1 Å². The molecule has 1 amide bonds. The summed E-state index contributed by atoms with van der Waals surface area (Å²) in [5.74, 6) is 2.66. The van der Waals surface area contributed by atoms with E-state index in [9.17, 15) is 4.79 Å². The SMILES string of the molecule is COc1ccc(C)cc1N=C1SCCCN1C(=O)COc1cc(C)ccc1C(C)C. The first kappa shape index (κ1) is 22.2. The van der Waals surface area contributed by atoms with E-state index in [1.165, 1.54) is 0 Å². The predicted molar refractivity (Wildman–Crippen MR) is 124 cm³/mol. The number of aryl methyl sites for hydroxylation is 2. The fourth-order valence-electron chi connectivity index (χ4n) is 3.34. The lowest BCUT2D eigenvalue weighted by atomic mass is 10.0. The van der Waals surface area contributed by atoms with Gasteiger partial charge in [0.05, 0.1) is 7.11 Å². The number of aliphatic imine (C=N–C) groups is 1. The minimum absolute atomic E-state index is 0.00624. The zero-order valence-electron chi connectivity index (χ0n) is 18.4. The largest absolute Gasteiger partial charge is 0.494 e. The maximum atomic E-state index is 13.0. The van der Waals surface area contributed by atoms with Crippen molar-refractivity contribution in [2.45, 2.75) is 40.0 Å². The number of benzene rings is 2. The molecule has 0 unspecified atom stereocenters. The quantitative estimate of drug-likeness (QED) is 0.615. The molecule has 30 heavy (non-hydrogen) atoms. The van der Waals surface area contributed by atoms with Gasteiger partial charge < -0.3 is 9.47 Å². The fraction of sp³-hybridized carbons (Fsp3) is 0.417. The number of amidine groups is 1. The Morgan fingerprint density at radius 1 is 1.13 bits per heavy atom. The number of ether oxygens (including phenoxy) is 2. The average Bonchev–Trinajstić information content (AvgIpc) is 2.72. The van der Waals surface area contributed by atoms with Gasteiger partial charge in [0.15, 0.2) is 11.8 Å². The lowest BCUT2D eigenvalue weighted by Gasteiger charge is -2.28. The molecule has 0 spiro atoms. The molecular formula is C24H30N2O3S. The third-order valence-electron chi connectivity index (χ3n) is 4.98. The molecule has 5 nitrogen and oxygen atoms in total. The van der Waals surface area contributed by atoms with Crippen molar-refractivity contribution in [2.24, 2.45) is 4.99 Å². The molecule has 3 rings (SSSR count). The second-order valence-corrected chi connectivity index (χ2v) is 8.86. The number of rotatable bonds is 6. The summed E-state index contributed by atoms with van der Waals surface area (Å²) >= 11 is 1.60. The summed E-state index contributed by atoms with van der Waals surface area (Å²) < 4.78 is 11.4. The second-order valence-electron chi connectivity index (χ2n) is 7.80. The Morgan fingerprint density at radius 2 is 1.87 bits per heavy atom. The molecule has 0 bridgehead atoms. The maximum absolute atomic E-state index is 13.0. The number of amides is 1. The van der Waals surface area contributed by atoms with E-state index in [4.69, 9.17) is 14.5 Å². The number of carbonyl (C=O) groups is 1. The summed E-state index contributed by atoms with van der Waals surface area (Å²) in [4.78, 5) is 19.5. The Bertz CT molecular complexity index is 940. The van der Waals surface area contributed by atoms with Gasteiger partial charge in [0.2, 0.25) is 0 Å². The molecule has 1 fully saturated rings. The van der Waals surface area contributed by atoms with E-state index in [2.05, 4.69) is 26.0 Å². The number of hydrogen-bond acceptors (Lipinski definition) is 5. The summed E-state index contributed by atoms with van der Waals surface area (Å²) in [6.45, 7) is 8.93. The highest BCUT2D eigenvalue weighted by molar-refractivity contribution is 8.13. The van der Waals surface area contributed by atoms with Gasteiger partial charge in [0.1, 0.15) is 17.2 Å². The van der Waals surface area contributed by atoms with Crippen molar-refractivity contribution in [1.82, 2.24) is 4.90 Å². The Hall–Kier alpha value is -2.47. The van der Waals surface area contributed by atoms with Crippen molar-refractivity contribution in [2.75, 3.05) is 26.0 Å². The molecule has 2 aromatic carbocycles. The van der Waals surface area contributed by atoms with E-state index in [-0.39, 0.29) is 12.5 Å². The van der Waals surface area contributed by atoms with Crippen molar-refractivity contribution in [3.63, 3.8) is 0 Å². The molecule has 2 aromatic rings. The van der Waals surface area contributed by atoms with Crippen molar-refractivity contribution in [1.29, 1.82) is 0 Å². The van der Waals surface area contributed by atoms with Gasteiger partial charge in [0.25, 0.3) is 5.91 Å². The first-order valence-electron chi connectivity index (χ1n) is 10.3. The molecule has 0 saturated carbocycles. The van der Waals surface area contributed by atoms with Crippen LogP contribution in [0.4, 0.5) is 5.69 Å². The van der Waals surface area contributed by atoms with Crippen LogP contribution in [0.3, 0.4) is 0 Å². The molecule has 0 aromatic heterocycles. The fourth-order valence-corrected chi connectivity index (χ4v) is 4.30. The van der Waals surface area contributed by atoms with E-state index in [1.54, 1.807) is 23.8 Å². The lowest BCUT2D eigenvalue weighted by Crippen LogP contribution is -2.41. The summed E-state index contributed by atoms with van der Waals surface area (Å²) in [7, 11) is 1.63. The molecule has 0 atom stereocenters. The van der Waals surface area contributed by atoms with Gasteiger partial charge in [-0.15, -0.1) is 0 Å². The highest BCUT2D eigenvalue weighted by Crippen LogP contribution is 2.32. The Labute approximate surface area is 183 Å². The first-order chi connectivity index (χ1) is 14.4. The third-order valence-corrected chi connectivity index (χ3v) is 6.04. The van der Waals surface area contributed by atoms with Crippen LogP contribution in [-0.4, -0.2) is 42.0 Å². The molecule has 1 aliphatic heterocycles. The van der Waals surface area contributed by atoms with Gasteiger partial charge in [-0.2, -0.15) is 0 Å². The van der Waals surface area contributed by atoms with Crippen LogP contribution in [0.2, 0.25) is 0 Å². The highest BCUT2D eigenvalue weighted by Gasteiger charge is 2.25. The number of methoxy groups -OCH3 is 1. The van der Waals surface area contributed by atoms with Crippen molar-refractivity contribution in [3.05, 3.63) is 53.1 Å². The number of thioether (sulfide) groups is 1. The average molecular weight is 427 g/mol. The number of hydrogen-bond donors (Lipinski definition) is 0. The predicted octanol–water partition coefficient (Wildman–Crippen LogP) is 5.47. The van der Waals surface area contributed by atoms with Crippen LogP contribution in [0.25, 0.3) is 0 Å². The lowest BCUT2D eigenvalue weighted by molar-refractivity contribution is -0.129. The zero-order valence-corrected chi connectivity index (χ0v) is 19.2. The normalized spacial score (nSPS) is 15.5. The van der Waals surface area contributed by atoms with E-state index >= 15 is 0 Å². The minimum Gasteiger partial charge on any atom is -0.494 e. The summed E-state index contributed by atoms with van der Waals surface area (Å²) in [6.07, 6.45) is 0.933. The van der Waals surface area contributed by atoms with E-state index in [0.29, 0.717) is 23.4 Å². The molecule has 6 heteroatoms. The molecular weight excluding hydrogens is 396 g/mol. The Morgan fingerprint density at radius 3 is 2.60 bits per heavy atom. The third kappa shape index (κ3) is 5.36. The maximum Gasteiger partial charge on any atom is 0.266 e. The molecule has 0 N–H and O–H groups in total. The number of nitrogens with zero attached hydrogens (tertiary/aromatic N) is 2. The molecule has 0 aliphatic carbocycles. The molecule has 1 heterocycles. The van der Waals surface area contributed by atoms with Crippen molar-refractivity contribution < 1.29 is 14.3 Å². The topological polar surface area (TPSA) is 51.1 Å². The van der Waals surface area contributed by atoms with Crippen LogP contribution >= 0.6 is 11.8 Å². The first-order valence-corrected chi connectivity index (χ1v) is 11.3. The summed E-state index contributed by atoms with van der Waals surface area (Å²) in [5.41, 5.74) is 4.06. The number of carbonyl (C=O) groups excluding carboxylic acids is 1. The standard InChI is InChI=1S/C24H30N2O3S/c1-16(2)19-9-7-18(4)14-22(19)29-15-23(27)26-11-6-12-30-24(26)25-20-13-17(3)8-10-21(20)28-5/h7-10,13-14,16H,6,11-12,15H2,1-5H3. The van der Waals surface area contributed by atoms with Crippen LogP contribution in [0.1, 0.15) is 42.9 Å². The van der Waals surface area contributed by atoms with Gasteiger partial charge in [-0.3, -0.25) is 9.69 Å². The monoisotopic (exact) mass is 426 g/mol. The molecule has 160 valence electrons. The molecule has 1 aliphatic rings. The van der Waals surface area contributed by atoms with Crippen LogP contribution in [0.15, 0.2) is 41.4 Å². The highest BCUT2D eigenvalue weighted by atomic mass is 32.2. The van der Waals surface area contributed by atoms with Crippen LogP contribution < -0.4 is 9.47 Å². The molecule has 1 saturated heterocycles. The van der Waals surface area contributed by atoms with Gasteiger partial charge >= 0.3 is 0 Å². The van der Waals surface area contributed by atoms with Gasteiger partial charge in [-0.05, 0) is 61.1 Å². The van der Waals surface area contributed by atoms with Crippen LogP contribution in [0.5, 0.6) is 11.5 Å². The minimum atomic E-state index is -0.0798. The van der Waals surface area contributed by atoms with Crippen molar-refractivity contribution >= 4 is 28.5 Å². The second kappa shape index (κ2) is 10.0. The van der Waals surface area contributed by atoms with Gasteiger partial charge in [-0.25, -0.2) is 4.99 Å². The van der Waals surface area contributed by atoms with Gasteiger partial charge in [0, 0.05) is 12.3 Å². The van der Waals surface area contributed by atoms with E-state index in [0.717, 1.165) is 40.3 Å². The summed E-state index contributed by atoms with van der Waals surface area (Å²) in [5, 5.41) is 0.701. The van der Waals surface area contributed by atoms with Crippen LogP contribution in [0, 0.1) is 13.8 Å².